The maximum absolute atomic E-state index is 11.9. The fraction of sp³-hybridized carbons (Fsp3) is 0.647. The molecule has 4 nitrogen and oxygen atoms in total. The zero-order chi connectivity index (χ0) is 15.6. The Kier molecular flexibility index (Phi) is 4.73. The summed E-state index contributed by atoms with van der Waals surface area (Å²) in [6.45, 7) is 1.62. The van der Waals surface area contributed by atoms with Gasteiger partial charge in [-0.15, -0.1) is 0 Å². The Hall–Kier alpha value is -1.07. The summed E-state index contributed by atoms with van der Waals surface area (Å²) in [6.07, 6.45) is 7.22. The average Bonchev–Trinajstić information content (AvgIpc) is 2.94. The summed E-state index contributed by atoms with van der Waals surface area (Å²) in [5.41, 5.74) is 2.59. The molecule has 22 heavy (non-hydrogen) atoms. The number of hydrogen-bond acceptors (Lipinski definition) is 4. The summed E-state index contributed by atoms with van der Waals surface area (Å²) in [5, 5.41) is 3.27. The molecule has 0 bridgehead atoms. The first kappa shape index (κ1) is 15.8. The van der Waals surface area contributed by atoms with E-state index in [1.165, 1.54) is 17.4 Å². The first-order chi connectivity index (χ1) is 10.5. The highest BCUT2D eigenvalue weighted by atomic mass is 32.2. The lowest BCUT2D eigenvalue weighted by Gasteiger charge is -2.31. The number of hydrogen-bond donors (Lipinski definition) is 1. The minimum atomic E-state index is -2.96. The van der Waals surface area contributed by atoms with Gasteiger partial charge in [-0.25, -0.2) is 8.42 Å². The van der Waals surface area contributed by atoms with Crippen molar-refractivity contribution in [2.45, 2.75) is 49.8 Å². The van der Waals surface area contributed by atoms with Gasteiger partial charge >= 0.3 is 0 Å². The third-order valence-corrected chi connectivity index (χ3v) is 6.49. The summed E-state index contributed by atoms with van der Waals surface area (Å²) in [5.74, 6) is 1.01. The molecule has 0 spiro atoms. The first-order valence-electron chi connectivity index (χ1n) is 8.21. The third kappa shape index (κ3) is 3.63. The van der Waals surface area contributed by atoms with Crippen LogP contribution in [0.4, 0.5) is 0 Å². The minimum absolute atomic E-state index is 0.113. The van der Waals surface area contributed by atoms with Crippen LogP contribution >= 0.6 is 0 Å². The van der Waals surface area contributed by atoms with Crippen LogP contribution < -0.4 is 10.1 Å². The molecule has 1 heterocycles. The lowest BCUT2D eigenvalue weighted by molar-refractivity contribution is 0.356. The van der Waals surface area contributed by atoms with E-state index in [1.807, 2.05) is 0 Å². The van der Waals surface area contributed by atoms with Gasteiger partial charge in [0, 0.05) is 18.7 Å². The summed E-state index contributed by atoms with van der Waals surface area (Å²) < 4.78 is 29.3. The molecule has 3 rings (SSSR count). The van der Waals surface area contributed by atoms with Crippen LogP contribution in [0.15, 0.2) is 18.2 Å². The van der Waals surface area contributed by atoms with Crippen LogP contribution in [0.2, 0.25) is 0 Å². The number of rotatable bonds is 5. The Labute approximate surface area is 133 Å². The topological polar surface area (TPSA) is 55.4 Å². The highest BCUT2D eigenvalue weighted by Gasteiger charge is 2.32. The zero-order valence-electron chi connectivity index (χ0n) is 13.2. The van der Waals surface area contributed by atoms with Crippen molar-refractivity contribution in [2.24, 2.45) is 0 Å². The summed E-state index contributed by atoms with van der Waals surface area (Å²) in [6, 6.07) is 6.50. The molecular weight excluding hydrogens is 298 g/mol. The Bertz CT molecular complexity index is 627. The van der Waals surface area contributed by atoms with Crippen molar-refractivity contribution in [1.82, 2.24) is 5.32 Å². The van der Waals surface area contributed by atoms with Crippen molar-refractivity contribution in [1.29, 1.82) is 0 Å². The van der Waals surface area contributed by atoms with Gasteiger partial charge in [-0.05, 0) is 43.0 Å². The predicted octanol–water partition coefficient (Wildman–Crippen LogP) is 2.11. The molecule has 5 heteroatoms. The van der Waals surface area contributed by atoms with E-state index < -0.39 is 9.84 Å². The van der Waals surface area contributed by atoms with E-state index in [0.717, 1.165) is 57.4 Å². The number of nitrogens with one attached hydrogen (secondary N) is 1. The second kappa shape index (κ2) is 6.59. The van der Waals surface area contributed by atoms with Crippen LogP contribution in [0.1, 0.15) is 36.8 Å². The van der Waals surface area contributed by atoms with Gasteiger partial charge in [0.15, 0.2) is 9.84 Å². The Morgan fingerprint density at radius 2 is 2.09 bits per heavy atom. The highest BCUT2D eigenvalue weighted by molar-refractivity contribution is 7.91. The van der Waals surface area contributed by atoms with Gasteiger partial charge in [0.05, 0.1) is 11.9 Å². The van der Waals surface area contributed by atoms with Gasteiger partial charge in [0.25, 0.3) is 0 Å². The summed E-state index contributed by atoms with van der Waals surface area (Å²) >= 11 is 0. The van der Waals surface area contributed by atoms with Crippen molar-refractivity contribution in [3.63, 3.8) is 0 Å². The van der Waals surface area contributed by atoms with Gasteiger partial charge in [0.2, 0.25) is 0 Å². The van der Waals surface area contributed by atoms with Crippen LogP contribution in [-0.4, -0.2) is 39.1 Å². The quantitative estimate of drug-likeness (QED) is 0.902. The highest BCUT2D eigenvalue weighted by Crippen LogP contribution is 2.26. The molecule has 1 aromatic carbocycles. The maximum Gasteiger partial charge on any atom is 0.151 e. The largest absolute Gasteiger partial charge is 0.493 e. The average molecular weight is 323 g/mol. The van der Waals surface area contributed by atoms with Crippen molar-refractivity contribution in [3.8, 4) is 5.75 Å². The molecule has 0 aromatic heterocycles. The van der Waals surface area contributed by atoms with Crippen LogP contribution in [-0.2, 0) is 22.7 Å². The minimum Gasteiger partial charge on any atom is -0.493 e. The molecule has 1 aliphatic carbocycles. The summed E-state index contributed by atoms with van der Waals surface area (Å²) in [7, 11) is -2.96. The van der Waals surface area contributed by atoms with E-state index in [9.17, 15) is 8.42 Å². The predicted molar refractivity (Wildman–Crippen MR) is 88.2 cm³/mol. The van der Waals surface area contributed by atoms with E-state index in [2.05, 4.69) is 23.5 Å². The molecular formula is C17H25NO3S. The molecule has 1 aliphatic heterocycles. The van der Waals surface area contributed by atoms with Crippen LogP contribution in [0.5, 0.6) is 5.75 Å². The van der Waals surface area contributed by atoms with E-state index in [-0.39, 0.29) is 11.3 Å². The van der Waals surface area contributed by atoms with Crippen LogP contribution in [0.25, 0.3) is 0 Å². The van der Waals surface area contributed by atoms with Crippen molar-refractivity contribution in [2.75, 3.05) is 19.4 Å². The second-order valence-corrected chi connectivity index (χ2v) is 8.77. The van der Waals surface area contributed by atoms with Crippen molar-refractivity contribution >= 4 is 9.84 Å². The number of ether oxygens (including phenoxy) is 1. The van der Waals surface area contributed by atoms with Crippen molar-refractivity contribution in [3.05, 3.63) is 29.3 Å². The van der Waals surface area contributed by atoms with Crippen LogP contribution in [0, 0.1) is 0 Å². The molecule has 1 fully saturated rings. The molecule has 0 amide bonds. The fourth-order valence-electron chi connectivity index (χ4n) is 3.64. The second-order valence-electron chi connectivity index (χ2n) is 6.50. The Balaban J connectivity index is 1.55. The van der Waals surface area contributed by atoms with E-state index in [0.29, 0.717) is 0 Å². The number of benzene rings is 1. The lowest BCUT2D eigenvalue weighted by Crippen LogP contribution is -2.46. The normalized spacial score (nSPS) is 24.8. The number of fused-ring (bicyclic) bond motifs is 1. The van der Waals surface area contributed by atoms with E-state index >= 15 is 0 Å². The Morgan fingerprint density at radius 3 is 2.91 bits per heavy atom. The van der Waals surface area contributed by atoms with Gasteiger partial charge in [-0.3, -0.25) is 0 Å². The molecule has 2 aliphatic rings. The first-order valence-corrected chi connectivity index (χ1v) is 10.2. The molecule has 1 N–H and O–H groups in total. The zero-order valence-corrected chi connectivity index (χ0v) is 14.0. The molecule has 1 saturated carbocycles. The molecule has 122 valence electrons. The fourth-order valence-corrected chi connectivity index (χ4v) is 5.06. The lowest BCUT2D eigenvalue weighted by atomic mass is 9.94. The standard InChI is InChI=1S/C17H25NO3S/c1-22(19,20)17-5-3-2-4-15(17)18-10-8-13-6-7-16-14(12-13)9-11-21-16/h6-7,12,15,17-18H,2-5,8-11H2,1H3/t15-,17-/m0/s1. The molecule has 1 aromatic rings. The molecule has 0 saturated heterocycles. The molecule has 2 atom stereocenters. The third-order valence-electron chi connectivity index (χ3n) is 4.83. The molecule has 0 radical (unpaired) electrons. The van der Waals surface area contributed by atoms with Gasteiger partial charge < -0.3 is 10.1 Å². The van der Waals surface area contributed by atoms with E-state index in [1.54, 1.807) is 0 Å². The van der Waals surface area contributed by atoms with Gasteiger partial charge in [-0.2, -0.15) is 0 Å². The molecule has 0 unspecified atom stereocenters. The van der Waals surface area contributed by atoms with Gasteiger partial charge in [-0.1, -0.05) is 25.0 Å². The SMILES string of the molecule is CS(=O)(=O)[C@H]1CCCC[C@@H]1NCCc1ccc2c(c1)CCO2. The maximum atomic E-state index is 11.9. The smallest absolute Gasteiger partial charge is 0.151 e. The Morgan fingerprint density at radius 1 is 1.27 bits per heavy atom. The van der Waals surface area contributed by atoms with Crippen LogP contribution in [0.3, 0.4) is 0 Å². The van der Waals surface area contributed by atoms with Gasteiger partial charge in [0.1, 0.15) is 5.75 Å². The monoisotopic (exact) mass is 323 g/mol. The van der Waals surface area contributed by atoms with E-state index in [4.69, 9.17) is 4.74 Å². The van der Waals surface area contributed by atoms with Crippen molar-refractivity contribution < 1.29 is 13.2 Å². The summed E-state index contributed by atoms with van der Waals surface area (Å²) in [4.78, 5) is 0. The number of sulfone groups is 1.